The molecule has 0 spiro atoms. The van der Waals surface area contributed by atoms with Crippen molar-refractivity contribution < 1.29 is 5.11 Å². The van der Waals surface area contributed by atoms with E-state index in [0.29, 0.717) is 5.02 Å². The molecule has 1 rings (SSSR count). The van der Waals surface area contributed by atoms with Crippen LogP contribution in [0, 0.1) is 13.8 Å². The van der Waals surface area contributed by atoms with E-state index in [0.717, 1.165) is 16.0 Å². The fourth-order valence-corrected chi connectivity index (χ4v) is 2.31. The lowest BCUT2D eigenvalue weighted by atomic mass is 10.1. The molecule has 1 N–H and O–H groups in total. The maximum Gasteiger partial charge on any atom is 0.138 e. The van der Waals surface area contributed by atoms with E-state index in [9.17, 15) is 5.11 Å². The molecule has 66 valence electrons. The molecule has 12 heavy (non-hydrogen) atoms. The van der Waals surface area contributed by atoms with Crippen LogP contribution in [0.1, 0.15) is 11.1 Å². The van der Waals surface area contributed by atoms with E-state index in [1.54, 1.807) is 17.8 Å². The predicted octanol–water partition coefficient (Wildman–Crippen LogP) is 3.38. The van der Waals surface area contributed by atoms with E-state index in [4.69, 9.17) is 11.6 Å². The molecule has 0 saturated heterocycles. The minimum absolute atomic E-state index is 0.201. The molecule has 0 aliphatic carbocycles. The molecule has 0 radical (unpaired) electrons. The highest BCUT2D eigenvalue weighted by atomic mass is 35.5. The smallest absolute Gasteiger partial charge is 0.138 e. The minimum Gasteiger partial charge on any atom is -0.506 e. The molecule has 0 atom stereocenters. The number of phenolic OH excluding ortho intramolecular Hbond substituents is 1. The zero-order chi connectivity index (χ0) is 9.30. The Balaban J connectivity index is 3.40. The summed E-state index contributed by atoms with van der Waals surface area (Å²) in [6.45, 7) is 3.87. The first-order chi connectivity index (χ1) is 5.57. The van der Waals surface area contributed by atoms with Gasteiger partial charge in [0.05, 0.1) is 5.02 Å². The number of hydrogen-bond donors (Lipinski definition) is 1. The van der Waals surface area contributed by atoms with Crippen LogP contribution < -0.4 is 0 Å². The van der Waals surface area contributed by atoms with Crippen LogP contribution in [0.5, 0.6) is 5.75 Å². The second-order valence-electron chi connectivity index (χ2n) is 2.68. The molecule has 0 aromatic heterocycles. The summed E-state index contributed by atoms with van der Waals surface area (Å²) in [7, 11) is 0. The van der Waals surface area contributed by atoms with Crippen molar-refractivity contribution >= 4 is 23.4 Å². The Morgan fingerprint density at radius 2 is 2.00 bits per heavy atom. The Bertz CT molecular complexity index is 310. The standard InChI is InChI=1S/C9H11ClOS/c1-5-4-7(10)8(11)6(2)9(5)12-3/h4,11H,1-3H3. The molecule has 0 unspecified atom stereocenters. The highest BCUT2D eigenvalue weighted by Gasteiger charge is 2.09. The largest absolute Gasteiger partial charge is 0.506 e. The SMILES string of the molecule is CSc1c(C)cc(Cl)c(O)c1C. The summed E-state index contributed by atoms with van der Waals surface area (Å²) in [5.41, 5.74) is 1.98. The van der Waals surface area contributed by atoms with Gasteiger partial charge in [0, 0.05) is 10.5 Å². The Hall–Kier alpha value is -0.340. The summed E-state index contributed by atoms with van der Waals surface area (Å²) in [6.07, 6.45) is 1.99. The van der Waals surface area contributed by atoms with Crippen LogP contribution >= 0.6 is 23.4 Å². The first-order valence-corrected chi connectivity index (χ1v) is 5.21. The summed E-state index contributed by atoms with van der Waals surface area (Å²) in [5.74, 6) is 0.201. The number of benzene rings is 1. The molecule has 1 aromatic rings. The fourth-order valence-electron chi connectivity index (χ4n) is 1.22. The minimum atomic E-state index is 0.201. The van der Waals surface area contributed by atoms with Gasteiger partial charge in [-0.15, -0.1) is 11.8 Å². The highest BCUT2D eigenvalue weighted by molar-refractivity contribution is 7.98. The fraction of sp³-hybridized carbons (Fsp3) is 0.333. The van der Waals surface area contributed by atoms with E-state index >= 15 is 0 Å². The van der Waals surface area contributed by atoms with Crippen LogP contribution in [0.25, 0.3) is 0 Å². The maximum atomic E-state index is 9.50. The van der Waals surface area contributed by atoms with Crippen LogP contribution in [0.2, 0.25) is 5.02 Å². The third-order valence-corrected chi connectivity index (χ3v) is 3.15. The van der Waals surface area contributed by atoms with Crippen LogP contribution in [0.4, 0.5) is 0 Å². The van der Waals surface area contributed by atoms with Crippen LogP contribution in [0.15, 0.2) is 11.0 Å². The molecule has 0 aliphatic rings. The Kier molecular flexibility index (Phi) is 2.91. The van der Waals surface area contributed by atoms with Gasteiger partial charge in [-0.05, 0) is 31.7 Å². The van der Waals surface area contributed by atoms with E-state index in [1.165, 1.54) is 0 Å². The molecule has 0 aliphatic heterocycles. The lowest BCUT2D eigenvalue weighted by Crippen LogP contribution is -1.86. The van der Waals surface area contributed by atoms with E-state index < -0.39 is 0 Å². The summed E-state index contributed by atoms with van der Waals surface area (Å²) in [5, 5.41) is 9.93. The van der Waals surface area contributed by atoms with Crippen molar-refractivity contribution in [1.82, 2.24) is 0 Å². The van der Waals surface area contributed by atoms with Gasteiger partial charge in [-0.25, -0.2) is 0 Å². The summed E-state index contributed by atoms with van der Waals surface area (Å²) in [6, 6.07) is 1.79. The molecule has 3 heteroatoms. The van der Waals surface area contributed by atoms with Gasteiger partial charge >= 0.3 is 0 Å². The summed E-state index contributed by atoms with van der Waals surface area (Å²) in [4.78, 5) is 1.11. The lowest BCUT2D eigenvalue weighted by molar-refractivity contribution is 0.469. The number of halogens is 1. The predicted molar refractivity (Wildman–Crippen MR) is 54.4 cm³/mol. The normalized spacial score (nSPS) is 10.3. The highest BCUT2D eigenvalue weighted by Crippen LogP contribution is 2.36. The zero-order valence-electron chi connectivity index (χ0n) is 7.31. The number of aryl methyl sites for hydroxylation is 1. The zero-order valence-corrected chi connectivity index (χ0v) is 8.88. The van der Waals surface area contributed by atoms with Crippen molar-refractivity contribution in [3.8, 4) is 5.75 Å². The van der Waals surface area contributed by atoms with E-state index in [-0.39, 0.29) is 5.75 Å². The van der Waals surface area contributed by atoms with Crippen LogP contribution in [-0.2, 0) is 0 Å². The molecule has 0 amide bonds. The topological polar surface area (TPSA) is 20.2 Å². The van der Waals surface area contributed by atoms with Crippen LogP contribution in [-0.4, -0.2) is 11.4 Å². The molecule has 1 nitrogen and oxygen atoms in total. The van der Waals surface area contributed by atoms with E-state index in [2.05, 4.69) is 0 Å². The molecule has 0 saturated carbocycles. The van der Waals surface area contributed by atoms with Crippen molar-refractivity contribution in [2.24, 2.45) is 0 Å². The van der Waals surface area contributed by atoms with Crippen molar-refractivity contribution in [2.75, 3.05) is 6.26 Å². The van der Waals surface area contributed by atoms with Gasteiger partial charge in [0.1, 0.15) is 5.75 Å². The molecule has 1 aromatic carbocycles. The van der Waals surface area contributed by atoms with Gasteiger partial charge < -0.3 is 5.11 Å². The summed E-state index contributed by atoms with van der Waals surface area (Å²) >= 11 is 7.42. The third kappa shape index (κ3) is 1.54. The molecular weight excluding hydrogens is 192 g/mol. The third-order valence-electron chi connectivity index (χ3n) is 1.83. The van der Waals surface area contributed by atoms with Gasteiger partial charge in [-0.1, -0.05) is 11.6 Å². The second-order valence-corrected chi connectivity index (χ2v) is 3.91. The van der Waals surface area contributed by atoms with Gasteiger partial charge in [0.15, 0.2) is 0 Å². The molecule has 0 heterocycles. The molecule has 0 bridgehead atoms. The van der Waals surface area contributed by atoms with Gasteiger partial charge in [0.25, 0.3) is 0 Å². The van der Waals surface area contributed by atoms with Crippen molar-refractivity contribution in [3.63, 3.8) is 0 Å². The van der Waals surface area contributed by atoms with Crippen LogP contribution in [0.3, 0.4) is 0 Å². The number of thioether (sulfide) groups is 1. The Labute approximate surface area is 81.7 Å². The van der Waals surface area contributed by atoms with Crippen molar-refractivity contribution in [2.45, 2.75) is 18.7 Å². The average Bonchev–Trinajstić information content (AvgIpc) is 2.01. The monoisotopic (exact) mass is 202 g/mol. The number of rotatable bonds is 1. The first-order valence-electron chi connectivity index (χ1n) is 3.60. The van der Waals surface area contributed by atoms with Gasteiger partial charge in [-0.2, -0.15) is 0 Å². The number of phenols is 1. The number of hydrogen-bond acceptors (Lipinski definition) is 2. The van der Waals surface area contributed by atoms with Crippen molar-refractivity contribution in [1.29, 1.82) is 0 Å². The van der Waals surface area contributed by atoms with Gasteiger partial charge in [-0.3, -0.25) is 0 Å². The van der Waals surface area contributed by atoms with Gasteiger partial charge in [0.2, 0.25) is 0 Å². The molecular formula is C9H11ClOS. The quantitative estimate of drug-likeness (QED) is 0.705. The lowest BCUT2D eigenvalue weighted by Gasteiger charge is -2.09. The number of aromatic hydroxyl groups is 1. The first kappa shape index (κ1) is 9.75. The Morgan fingerprint density at radius 3 is 2.50 bits per heavy atom. The Morgan fingerprint density at radius 1 is 1.42 bits per heavy atom. The van der Waals surface area contributed by atoms with E-state index in [1.807, 2.05) is 20.1 Å². The second kappa shape index (κ2) is 3.58. The molecule has 0 fully saturated rings. The van der Waals surface area contributed by atoms with Crippen molar-refractivity contribution in [3.05, 3.63) is 22.2 Å². The maximum absolute atomic E-state index is 9.50. The average molecular weight is 203 g/mol. The summed E-state index contributed by atoms with van der Waals surface area (Å²) < 4.78 is 0.